The highest BCUT2D eigenvalue weighted by atomic mass is 14.9. The summed E-state index contributed by atoms with van der Waals surface area (Å²) < 4.78 is 0. The first kappa shape index (κ1) is 11.5. The first-order valence-corrected chi connectivity index (χ1v) is 6.67. The maximum Gasteiger partial charge on any atom is 0.0208 e. The molecule has 0 bridgehead atoms. The van der Waals surface area contributed by atoms with E-state index in [0.717, 1.165) is 19.5 Å². The van der Waals surface area contributed by atoms with Crippen molar-refractivity contribution in [3.8, 4) is 0 Å². The molecule has 0 saturated heterocycles. The highest BCUT2D eigenvalue weighted by molar-refractivity contribution is 5.34. The molecule has 1 atom stereocenters. The minimum absolute atomic E-state index is 0.608. The zero-order chi connectivity index (χ0) is 12.4. The van der Waals surface area contributed by atoms with Crippen LogP contribution in [0.2, 0.25) is 0 Å². The monoisotopic (exact) mass is 237 g/mol. The lowest BCUT2D eigenvalue weighted by Gasteiger charge is -2.26. The molecule has 2 aromatic carbocycles. The molecule has 1 heterocycles. The van der Waals surface area contributed by atoms with Gasteiger partial charge in [0.2, 0.25) is 0 Å². The Morgan fingerprint density at radius 2 is 2.00 bits per heavy atom. The van der Waals surface area contributed by atoms with Crippen LogP contribution in [0.4, 0.5) is 0 Å². The lowest BCUT2D eigenvalue weighted by molar-refractivity contribution is 0.539. The van der Waals surface area contributed by atoms with Gasteiger partial charge in [-0.2, -0.15) is 0 Å². The average molecular weight is 237 g/mol. The van der Waals surface area contributed by atoms with Gasteiger partial charge in [-0.25, -0.2) is 0 Å². The molecular formula is C17H19N. The van der Waals surface area contributed by atoms with Crippen LogP contribution in [0.3, 0.4) is 0 Å². The van der Waals surface area contributed by atoms with Crippen LogP contribution in [0, 0.1) is 6.92 Å². The molecule has 0 spiro atoms. The molecule has 0 amide bonds. The second-order valence-electron chi connectivity index (χ2n) is 5.22. The fourth-order valence-electron chi connectivity index (χ4n) is 2.89. The Kier molecular flexibility index (Phi) is 3.16. The second kappa shape index (κ2) is 4.95. The summed E-state index contributed by atoms with van der Waals surface area (Å²) in [5.74, 6) is 0.608. The Balaban J connectivity index is 1.86. The molecule has 1 unspecified atom stereocenters. The predicted octanol–water partition coefficient (Wildman–Crippen LogP) is 3.42. The van der Waals surface area contributed by atoms with Gasteiger partial charge in [-0.1, -0.05) is 54.1 Å². The Bertz CT molecular complexity index is 545. The van der Waals surface area contributed by atoms with E-state index < -0.39 is 0 Å². The molecule has 1 nitrogen and oxygen atoms in total. The van der Waals surface area contributed by atoms with E-state index in [4.69, 9.17) is 0 Å². The third kappa shape index (κ3) is 2.32. The van der Waals surface area contributed by atoms with Crippen LogP contribution in [0.15, 0.2) is 48.5 Å². The average Bonchev–Trinajstić information content (AvgIpc) is 2.39. The number of benzene rings is 2. The lowest BCUT2D eigenvalue weighted by atomic mass is 9.86. The number of nitrogens with one attached hydrogen (secondary N) is 1. The van der Waals surface area contributed by atoms with E-state index >= 15 is 0 Å². The van der Waals surface area contributed by atoms with Gasteiger partial charge in [0, 0.05) is 19.0 Å². The van der Waals surface area contributed by atoms with Crippen molar-refractivity contribution in [1.82, 2.24) is 5.32 Å². The summed E-state index contributed by atoms with van der Waals surface area (Å²) in [6.07, 6.45) is 1.13. The summed E-state index contributed by atoms with van der Waals surface area (Å²) in [6, 6.07) is 17.7. The third-order valence-electron chi connectivity index (χ3n) is 3.77. The van der Waals surface area contributed by atoms with Crippen molar-refractivity contribution < 1.29 is 0 Å². The Labute approximate surface area is 109 Å². The molecule has 18 heavy (non-hydrogen) atoms. The Hall–Kier alpha value is -1.60. The van der Waals surface area contributed by atoms with E-state index in [9.17, 15) is 0 Å². The maximum absolute atomic E-state index is 3.53. The fourth-order valence-corrected chi connectivity index (χ4v) is 2.89. The van der Waals surface area contributed by atoms with Crippen molar-refractivity contribution in [2.24, 2.45) is 0 Å². The van der Waals surface area contributed by atoms with Crippen LogP contribution in [0.5, 0.6) is 0 Å². The van der Waals surface area contributed by atoms with Gasteiger partial charge in [0.1, 0.15) is 0 Å². The topological polar surface area (TPSA) is 12.0 Å². The maximum atomic E-state index is 3.53. The molecule has 1 heteroatoms. The molecule has 0 saturated carbocycles. The zero-order valence-corrected chi connectivity index (χ0v) is 10.8. The molecule has 3 rings (SSSR count). The standard InChI is InChI=1S/C17H19N/c1-13-5-4-6-14(9-13)10-16-12-18-11-15-7-2-3-8-17(15)16/h2-9,16,18H,10-12H2,1H3. The summed E-state index contributed by atoms with van der Waals surface area (Å²) in [4.78, 5) is 0. The van der Waals surface area contributed by atoms with Crippen LogP contribution < -0.4 is 5.32 Å². The number of aryl methyl sites for hydroxylation is 1. The van der Waals surface area contributed by atoms with Gasteiger partial charge < -0.3 is 5.32 Å². The van der Waals surface area contributed by atoms with E-state index in [1.54, 1.807) is 0 Å². The van der Waals surface area contributed by atoms with Crippen molar-refractivity contribution in [3.63, 3.8) is 0 Å². The molecule has 92 valence electrons. The van der Waals surface area contributed by atoms with Gasteiger partial charge >= 0.3 is 0 Å². The largest absolute Gasteiger partial charge is 0.312 e. The molecule has 1 aliphatic rings. The van der Waals surface area contributed by atoms with Crippen molar-refractivity contribution in [1.29, 1.82) is 0 Å². The predicted molar refractivity (Wildman–Crippen MR) is 75.8 cm³/mol. The normalized spacial score (nSPS) is 18.4. The molecule has 1 N–H and O–H groups in total. The summed E-state index contributed by atoms with van der Waals surface area (Å²) in [5.41, 5.74) is 5.78. The van der Waals surface area contributed by atoms with Crippen molar-refractivity contribution in [2.75, 3.05) is 6.54 Å². The van der Waals surface area contributed by atoms with Gasteiger partial charge in [-0.05, 0) is 30.0 Å². The minimum Gasteiger partial charge on any atom is -0.312 e. The van der Waals surface area contributed by atoms with Crippen LogP contribution in [-0.4, -0.2) is 6.54 Å². The van der Waals surface area contributed by atoms with Gasteiger partial charge in [-0.3, -0.25) is 0 Å². The summed E-state index contributed by atoms with van der Waals surface area (Å²) in [7, 11) is 0. The highest BCUT2D eigenvalue weighted by Gasteiger charge is 2.19. The minimum atomic E-state index is 0.608. The van der Waals surface area contributed by atoms with E-state index in [1.165, 1.54) is 22.3 Å². The quantitative estimate of drug-likeness (QED) is 0.844. The molecule has 0 aromatic heterocycles. The Morgan fingerprint density at radius 1 is 1.11 bits per heavy atom. The zero-order valence-electron chi connectivity index (χ0n) is 10.8. The molecule has 1 aliphatic heterocycles. The lowest BCUT2D eigenvalue weighted by Crippen LogP contribution is -2.29. The van der Waals surface area contributed by atoms with Crippen molar-refractivity contribution in [2.45, 2.75) is 25.8 Å². The van der Waals surface area contributed by atoms with Crippen molar-refractivity contribution in [3.05, 3.63) is 70.8 Å². The fraction of sp³-hybridized carbons (Fsp3) is 0.294. The molecular weight excluding hydrogens is 218 g/mol. The highest BCUT2D eigenvalue weighted by Crippen LogP contribution is 2.27. The second-order valence-corrected chi connectivity index (χ2v) is 5.22. The first-order valence-electron chi connectivity index (χ1n) is 6.67. The number of fused-ring (bicyclic) bond motifs is 1. The number of hydrogen-bond donors (Lipinski definition) is 1. The molecule has 0 fully saturated rings. The Morgan fingerprint density at radius 3 is 2.89 bits per heavy atom. The van der Waals surface area contributed by atoms with E-state index in [-0.39, 0.29) is 0 Å². The first-order chi connectivity index (χ1) is 8.83. The van der Waals surface area contributed by atoms with Crippen LogP contribution in [0.25, 0.3) is 0 Å². The number of rotatable bonds is 2. The SMILES string of the molecule is Cc1cccc(CC2CNCc3ccccc32)c1. The smallest absolute Gasteiger partial charge is 0.0208 e. The summed E-state index contributed by atoms with van der Waals surface area (Å²) in [5, 5.41) is 3.53. The van der Waals surface area contributed by atoms with Gasteiger partial charge in [0.25, 0.3) is 0 Å². The van der Waals surface area contributed by atoms with E-state index in [0.29, 0.717) is 5.92 Å². The number of hydrogen-bond acceptors (Lipinski definition) is 1. The molecule has 0 radical (unpaired) electrons. The van der Waals surface area contributed by atoms with Crippen molar-refractivity contribution >= 4 is 0 Å². The van der Waals surface area contributed by atoms with Crippen LogP contribution in [0.1, 0.15) is 28.2 Å². The molecule has 2 aromatic rings. The van der Waals surface area contributed by atoms with Gasteiger partial charge in [-0.15, -0.1) is 0 Å². The third-order valence-corrected chi connectivity index (χ3v) is 3.77. The summed E-state index contributed by atoms with van der Waals surface area (Å²) >= 11 is 0. The summed E-state index contributed by atoms with van der Waals surface area (Å²) in [6.45, 7) is 4.27. The van der Waals surface area contributed by atoms with Crippen LogP contribution in [-0.2, 0) is 13.0 Å². The van der Waals surface area contributed by atoms with E-state index in [1.807, 2.05) is 0 Å². The van der Waals surface area contributed by atoms with Gasteiger partial charge in [0.15, 0.2) is 0 Å². The molecule has 0 aliphatic carbocycles. The van der Waals surface area contributed by atoms with Crippen LogP contribution >= 0.6 is 0 Å². The van der Waals surface area contributed by atoms with Gasteiger partial charge in [0.05, 0.1) is 0 Å². The van der Waals surface area contributed by atoms with E-state index in [2.05, 4.69) is 60.8 Å².